The van der Waals surface area contributed by atoms with Crippen LogP contribution in [-0.4, -0.2) is 71.0 Å². The molecule has 6 unspecified atom stereocenters. The van der Waals surface area contributed by atoms with Gasteiger partial charge in [0.1, 0.15) is 24.1 Å². The topological polar surface area (TPSA) is 139 Å². The van der Waals surface area contributed by atoms with Gasteiger partial charge < -0.3 is 39.5 Å². The Morgan fingerprint density at radius 3 is 2.19 bits per heavy atom. The highest BCUT2D eigenvalue weighted by Gasteiger charge is 2.65. The number of benzene rings is 3. The van der Waals surface area contributed by atoms with Gasteiger partial charge in [0, 0.05) is 50.6 Å². The van der Waals surface area contributed by atoms with Crippen molar-refractivity contribution >= 4 is 17.7 Å². The Balaban J connectivity index is 1.44. The van der Waals surface area contributed by atoms with E-state index in [1.807, 2.05) is 77.7 Å². The summed E-state index contributed by atoms with van der Waals surface area (Å²) in [5, 5.41) is 27.9. The number of nitrogens with one attached hydrogen (secondary N) is 1. The third-order valence-electron chi connectivity index (χ3n) is 14.0. The molecule has 0 spiro atoms. The summed E-state index contributed by atoms with van der Waals surface area (Å²) in [4.78, 5) is 36.5. The second kappa shape index (κ2) is 27.9. The first-order valence-corrected chi connectivity index (χ1v) is 25.9. The average molecular weight is 934 g/mol. The van der Waals surface area contributed by atoms with E-state index in [4.69, 9.17) is 24.2 Å². The summed E-state index contributed by atoms with van der Waals surface area (Å²) in [6.45, 7) is 9.92. The van der Waals surface area contributed by atoms with Gasteiger partial charge in [0.05, 0.1) is 18.2 Å². The summed E-state index contributed by atoms with van der Waals surface area (Å²) in [6.07, 6.45) is 20.1. The number of hydrogen-bond acceptors (Lipinski definition) is 9. The van der Waals surface area contributed by atoms with Crippen molar-refractivity contribution in [3.63, 3.8) is 0 Å². The molecular weight excluding hydrogens is 855 g/mol. The van der Waals surface area contributed by atoms with E-state index in [-0.39, 0.29) is 50.1 Å². The van der Waals surface area contributed by atoms with E-state index < -0.39 is 23.8 Å². The molecule has 0 radical (unpaired) electrons. The molecule has 11 heteroatoms. The highest BCUT2D eigenvalue weighted by Crippen LogP contribution is 2.62. The molecule has 3 aliphatic rings. The smallest absolute Gasteiger partial charge is 0.412 e. The van der Waals surface area contributed by atoms with E-state index in [0.29, 0.717) is 50.3 Å². The molecule has 0 aromatic heterocycles. The SMILES string of the molecule is C=CCOC12Oc3ccc(OC(=O)NCc4ccccc4)cc3C3C(CCCCO)C(CCCCO)C=C(C(=NOCc4ccccc4)CC1N(CCC)C(=O)CCCCCCCCCCC)C32. The number of amides is 2. The van der Waals surface area contributed by atoms with Gasteiger partial charge in [0.15, 0.2) is 0 Å². The number of fused-ring (bicyclic) bond motifs is 2. The Bertz CT molecular complexity index is 2060. The summed E-state index contributed by atoms with van der Waals surface area (Å²) in [5.74, 6) is -0.869. The predicted molar refractivity (Wildman–Crippen MR) is 269 cm³/mol. The van der Waals surface area contributed by atoms with Crippen LogP contribution < -0.4 is 14.8 Å². The quantitative estimate of drug-likeness (QED) is 0.0341. The maximum Gasteiger partial charge on any atom is 0.412 e. The molecule has 11 nitrogen and oxygen atoms in total. The van der Waals surface area contributed by atoms with Crippen LogP contribution in [0.5, 0.6) is 11.5 Å². The Labute approximate surface area is 406 Å². The zero-order valence-corrected chi connectivity index (χ0v) is 41.0. The van der Waals surface area contributed by atoms with Crippen LogP contribution in [0.4, 0.5) is 4.79 Å². The van der Waals surface area contributed by atoms with Gasteiger partial charge in [0.25, 0.3) is 0 Å². The summed E-state index contributed by atoms with van der Waals surface area (Å²) < 4.78 is 20.6. The summed E-state index contributed by atoms with van der Waals surface area (Å²) in [6, 6.07) is 24.7. The van der Waals surface area contributed by atoms with Crippen molar-refractivity contribution in [1.29, 1.82) is 0 Å². The lowest BCUT2D eigenvalue weighted by Crippen LogP contribution is -2.70. The Morgan fingerprint density at radius 2 is 1.51 bits per heavy atom. The third kappa shape index (κ3) is 14.1. The fourth-order valence-electron chi connectivity index (χ4n) is 10.8. The van der Waals surface area contributed by atoms with Crippen molar-refractivity contribution in [2.45, 2.75) is 160 Å². The van der Waals surface area contributed by atoms with E-state index in [0.717, 1.165) is 79.3 Å². The minimum Gasteiger partial charge on any atom is -0.459 e. The number of rotatable bonds is 30. The molecule has 6 atom stereocenters. The molecule has 0 bridgehead atoms. The van der Waals surface area contributed by atoms with Gasteiger partial charge in [-0.1, -0.05) is 156 Å². The zero-order valence-electron chi connectivity index (χ0n) is 41.0. The van der Waals surface area contributed by atoms with Crippen LogP contribution in [0.2, 0.25) is 0 Å². The number of ether oxygens (including phenoxy) is 3. The minimum absolute atomic E-state index is 0.0352. The first-order chi connectivity index (χ1) is 33.4. The number of hydrogen-bond donors (Lipinski definition) is 3. The van der Waals surface area contributed by atoms with Crippen molar-refractivity contribution < 1.29 is 38.9 Å². The maximum absolute atomic E-state index is 14.9. The highest BCUT2D eigenvalue weighted by molar-refractivity contribution is 6.03. The fraction of sp³-hybridized carbons (Fsp3) is 0.561. The number of nitrogens with zero attached hydrogens (tertiary/aromatic N) is 2. The normalized spacial score (nSPS) is 22.0. The van der Waals surface area contributed by atoms with Gasteiger partial charge in [-0.3, -0.25) is 4.79 Å². The van der Waals surface area contributed by atoms with Crippen LogP contribution in [0.15, 0.2) is 108 Å². The molecule has 370 valence electrons. The van der Waals surface area contributed by atoms with Crippen molar-refractivity contribution in [3.05, 3.63) is 120 Å². The molecule has 3 aromatic rings. The third-order valence-corrected chi connectivity index (χ3v) is 14.0. The van der Waals surface area contributed by atoms with Gasteiger partial charge in [0.2, 0.25) is 11.7 Å². The number of carbonyl (C=O) groups is 2. The zero-order chi connectivity index (χ0) is 48.0. The van der Waals surface area contributed by atoms with Gasteiger partial charge >= 0.3 is 6.09 Å². The predicted octanol–water partition coefficient (Wildman–Crippen LogP) is 12.0. The van der Waals surface area contributed by atoms with Gasteiger partial charge in [-0.15, -0.1) is 6.58 Å². The van der Waals surface area contributed by atoms with Gasteiger partial charge in [-0.05, 0) is 85.3 Å². The summed E-state index contributed by atoms with van der Waals surface area (Å²) in [5.41, 5.74) is 4.57. The highest BCUT2D eigenvalue weighted by atomic mass is 16.7. The Hall–Kier alpha value is -4.97. The van der Waals surface area contributed by atoms with Crippen LogP contribution >= 0.6 is 0 Å². The van der Waals surface area contributed by atoms with E-state index in [2.05, 4.69) is 31.8 Å². The van der Waals surface area contributed by atoms with Crippen LogP contribution in [-0.2, 0) is 27.5 Å². The summed E-state index contributed by atoms with van der Waals surface area (Å²) in [7, 11) is 0. The summed E-state index contributed by atoms with van der Waals surface area (Å²) >= 11 is 0. The number of oxime groups is 1. The number of aliphatic hydroxyl groups excluding tert-OH is 2. The molecule has 1 aliphatic heterocycles. The van der Waals surface area contributed by atoms with E-state index in [1.165, 1.54) is 38.5 Å². The fourth-order valence-corrected chi connectivity index (χ4v) is 10.8. The second-order valence-corrected chi connectivity index (χ2v) is 18.9. The lowest BCUT2D eigenvalue weighted by Gasteiger charge is -2.60. The molecular formula is C57H79N3O8. The Kier molecular flexibility index (Phi) is 21.5. The monoisotopic (exact) mass is 934 g/mol. The molecule has 2 aliphatic carbocycles. The molecule has 6 rings (SSSR count). The van der Waals surface area contributed by atoms with Crippen molar-refractivity contribution in [2.75, 3.05) is 26.4 Å². The molecule has 1 heterocycles. The van der Waals surface area contributed by atoms with Crippen molar-refractivity contribution in [1.82, 2.24) is 10.2 Å². The first kappa shape index (κ1) is 52.4. The first-order valence-electron chi connectivity index (χ1n) is 25.9. The van der Waals surface area contributed by atoms with Crippen LogP contribution in [0.3, 0.4) is 0 Å². The Morgan fingerprint density at radius 1 is 0.838 bits per heavy atom. The second-order valence-electron chi connectivity index (χ2n) is 18.9. The molecule has 1 fully saturated rings. The number of carbonyl (C=O) groups excluding carboxylic acids is 2. The lowest BCUT2D eigenvalue weighted by molar-refractivity contribution is -0.257. The van der Waals surface area contributed by atoms with Gasteiger partial charge in [-0.2, -0.15) is 0 Å². The average Bonchev–Trinajstić information content (AvgIpc) is 3.36. The molecule has 68 heavy (non-hydrogen) atoms. The largest absolute Gasteiger partial charge is 0.459 e. The van der Waals surface area contributed by atoms with Crippen LogP contribution in [0.25, 0.3) is 0 Å². The molecule has 0 saturated heterocycles. The standard InChI is InChI=1S/C57H79N3O8/c1-4-7-8-9-10-11-12-13-20-31-53(63)60(34-5-2)52-40-50(59-66-42-44-27-18-15-19-28-44)48-38-45(29-21-23-35-61)47(30-22-24-36-62)54-49-39-46(67-56(64)58-41-43-25-16-14-17-26-43)32-33-51(49)68-57(52,55(48)54)65-37-6-3/h6,14-19,25-28,32-33,38-39,45,47,52,54-55,61-62H,3-5,7-13,20-24,29-31,34-37,40-42H2,1-2H3,(H,58,64). The molecule has 1 saturated carbocycles. The number of aliphatic hydroxyl groups is 2. The van der Waals surface area contributed by atoms with E-state index in [1.54, 1.807) is 12.1 Å². The van der Waals surface area contributed by atoms with Crippen molar-refractivity contribution in [2.24, 2.45) is 22.9 Å². The molecule has 3 N–H and O–H groups in total. The molecule has 2 amide bonds. The maximum atomic E-state index is 14.9. The van der Waals surface area contributed by atoms with E-state index in [9.17, 15) is 19.8 Å². The minimum atomic E-state index is -1.35. The van der Waals surface area contributed by atoms with Crippen LogP contribution in [0, 0.1) is 17.8 Å². The number of allylic oxidation sites excluding steroid dienone is 1. The molecule has 3 aromatic carbocycles. The number of unbranched alkanes of at least 4 members (excludes halogenated alkanes) is 10. The van der Waals surface area contributed by atoms with Crippen LogP contribution in [0.1, 0.15) is 152 Å². The van der Waals surface area contributed by atoms with Gasteiger partial charge in [-0.25, -0.2) is 4.79 Å². The lowest BCUT2D eigenvalue weighted by atomic mass is 9.55. The van der Waals surface area contributed by atoms with E-state index >= 15 is 0 Å². The van der Waals surface area contributed by atoms with Crippen molar-refractivity contribution in [3.8, 4) is 11.5 Å².